The van der Waals surface area contributed by atoms with Gasteiger partial charge < -0.3 is 39.4 Å². The van der Waals surface area contributed by atoms with Gasteiger partial charge in [0.1, 0.15) is 29.2 Å². The number of ether oxygens (including phenoxy) is 2. The number of oxazole rings is 1. The van der Waals surface area contributed by atoms with Crippen LogP contribution in [0.1, 0.15) is 54.2 Å². The van der Waals surface area contributed by atoms with E-state index < -0.39 is 47.3 Å². The molecule has 3 aliphatic heterocycles. The molecule has 272 valence electrons. The number of fused-ring (bicyclic) bond motifs is 9. The highest BCUT2D eigenvalue weighted by Gasteiger charge is 2.44. The first-order valence-electron chi connectivity index (χ1n) is 16.8. The number of aromatic nitrogens is 3. The number of methoxy groups -OCH3 is 1. The number of H-pyrrole nitrogens is 1. The maximum atomic E-state index is 13.9. The molecule has 4 amide bonds. The lowest BCUT2D eigenvalue weighted by Crippen LogP contribution is -2.52. The zero-order chi connectivity index (χ0) is 37.1. The van der Waals surface area contributed by atoms with Crippen molar-refractivity contribution in [2.45, 2.75) is 64.7 Å². The van der Waals surface area contributed by atoms with Gasteiger partial charge in [-0.15, -0.1) is 0 Å². The number of amides is 4. The van der Waals surface area contributed by atoms with Crippen LogP contribution in [-0.4, -0.2) is 92.0 Å². The minimum absolute atomic E-state index is 0.0140. The number of likely N-dealkylation sites (N-methyl/N-ethyl adjacent to an activating group) is 1. The fraction of sp³-hybridized carbons (Fsp3) is 0.361. The van der Waals surface area contributed by atoms with Gasteiger partial charge in [0.15, 0.2) is 23.0 Å². The molecule has 0 radical (unpaired) electrons. The number of hydrogen-bond acceptors (Lipinski definition) is 11. The van der Waals surface area contributed by atoms with E-state index in [1.54, 1.807) is 51.1 Å². The van der Waals surface area contributed by atoms with Crippen LogP contribution < -0.4 is 25.7 Å². The number of carbonyl (C=O) groups is 4. The van der Waals surface area contributed by atoms with Crippen LogP contribution in [0.4, 0.5) is 0 Å². The van der Waals surface area contributed by atoms with Gasteiger partial charge in [0.2, 0.25) is 23.6 Å². The molecule has 2 aromatic carbocycles. The first-order chi connectivity index (χ1) is 24.9. The molecule has 6 bridgehead atoms. The maximum absolute atomic E-state index is 13.9. The minimum Gasteiger partial charge on any atom is -0.504 e. The lowest BCUT2D eigenvalue weighted by Gasteiger charge is -2.28. The number of rotatable bonds is 4. The van der Waals surface area contributed by atoms with Gasteiger partial charge in [0.05, 0.1) is 19.7 Å². The van der Waals surface area contributed by atoms with E-state index in [9.17, 15) is 29.1 Å². The summed E-state index contributed by atoms with van der Waals surface area (Å²) < 4.78 is 17.5. The van der Waals surface area contributed by atoms with Crippen molar-refractivity contribution >= 4 is 23.6 Å². The molecule has 16 heteroatoms. The van der Waals surface area contributed by atoms with Crippen LogP contribution in [0, 0.1) is 6.92 Å². The highest BCUT2D eigenvalue weighted by atomic mass is 16.5. The number of phenolic OH excluding ortho intramolecular Hbond substituents is 1. The summed E-state index contributed by atoms with van der Waals surface area (Å²) in [6.07, 6.45) is 0.406. The van der Waals surface area contributed by atoms with Crippen molar-refractivity contribution in [3.63, 3.8) is 0 Å². The van der Waals surface area contributed by atoms with Gasteiger partial charge in [-0.1, -0.05) is 6.07 Å². The van der Waals surface area contributed by atoms with Crippen molar-refractivity contribution in [2.24, 2.45) is 0 Å². The number of aryl methyl sites for hydroxylation is 2. The zero-order valence-electron chi connectivity index (χ0n) is 29.1. The molecule has 7 rings (SSSR count). The van der Waals surface area contributed by atoms with Gasteiger partial charge >= 0.3 is 0 Å². The number of phenols is 1. The van der Waals surface area contributed by atoms with Crippen molar-refractivity contribution in [3.05, 3.63) is 81.6 Å². The standard InChI is InChI=1S/C36H39N7O9/c1-5-42(36(49)24-9-13-32(46)41-40-24)23-16-26-33(47)37-17-25-20(3)51-34(39-25)22-8-11-28(30(15-22)50-4)52-29-14-21(6-10-27(29)44)7-12-31(45)38-19(2)35(48)43(26)18-23/h6,8-11,13-15,19,23,26,44H,5,7,12,16-18H2,1-4H3,(H,37,47)(H,38,45)(H,41,46)/t19-,23+,26+/m1/s1. The van der Waals surface area contributed by atoms with E-state index in [0.29, 0.717) is 34.1 Å². The fourth-order valence-electron chi connectivity index (χ4n) is 6.40. The van der Waals surface area contributed by atoms with Crippen molar-refractivity contribution in [2.75, 3.05) is 20.2 Å². The SMILES string of the molecule is CCN(C(=O)c1ccc(=O)[nH]n1)[C@H]1C[C@H]2C(=O)NCc3nc(oc3C)-c3ccc(c(OC)c3)Oc3cc(ccc3O)CCC(=O)N[C@H](C)C(=O)N2C1. The second-order valence-electron chi connectivity index (χ2n) is 12.6. The van der Waals surface area contributed by atoms with Crippen LogP contribution in [-0.2, 0) is 27.3 Å². The van der Waals surface area contributed by atoms with E-state index in [4.69, 9.17) is 13.9 Å². The Labute approximate surface area is 298 Å². The number of aromatic hydroxyl groups is 1. The van der Waals surface area contributed by atoms with E-state index >= 15 is 0 Å². The molecule has 0 aliphatic carbocycles. The Morgan fingerprint density at radius 1 is 1.08 bits per heavy atom. The summed E-state index contributed by atoms with van der Waals surface area (Å²) >= 11 is 0. The molecule has 0 saturated carbocycles. The number of carbonyl (C=O) groups excluding carboxylic acids is 4. The van der Waals surface area contributed by atoms with Crippen LogP contribution in [0.2, 0.25) is 0 Å². The molecule has 2 aromatic heterocycles. The Hall–Kier alpha value is -6.19. The van der Waals surface area contributed by atoms with Crippen molar-refractivity contribution in [1.29, 1.82) is 0 Å². The summed E-state index contributed by atoms with van der Waals surface area (Å²) in [7, 11) is 1.48. The highest BCUT2D eigenvalue weighted by Crippen LogP contribution is 2.39. The Kier molecular flexibility index (Phi) is 10.3. The Balaban J connectivity index is 1.32. The minimum atomic E-state index is -1.000. The summed E-state index contributed by atoms with van der Waals surface area (Å²) in [5, 5.41) is 22.3. The molecule has 4 aromatic rings. The van der Waals surface area contributed by atoms with Crippen LogP contribution >= 0.6 is 0 Å². The van der Waals surface area contributed by atoms with Gasteiger partial charge in [0, 0.05) is 31.1 Å². The largest absolute Gasteiger partial charge is 0.504 e. The Morgan fingerprint density at radius 2 is 1.88 bits per heavy atom. The van der Waals surface area contributed by atoms with E-state index in [0.717, 1.165) is 0 Å². The van der Waals surface area contributed by atoms with Crippen molar-refractivity contribution in [3.8, 4) is 34.5 Å². The third kappa shape index (κ3) is 7.45. The summed E-state index contributed by atoms with van der Waals surface area (Å²) in [6, 6.07) is 9.76. The zero-order valence-corrected chi connectivity index (χ0v) is 29.1. The van der Waals surface area contributed by atoms with Crippen LogP contribution in [0.15, 0.2) is 57.7 Å². The van der Waals surface area contributed by atoms with Crippen molar-refractivity contribution < 1.29 is 38.2 Å². The summed E-state index contributed by atoms with van der Waals surface area (Å²) in [6.45, 7) is 5.26. The summed E-state index contributed by atoms with van der Waals surface area (Å²) in [4.78, 5) is 73.4. The first-order valence-corrected chi connectivity index (χ1v) is 16.8. The number of benzene rings is 2. The number of hydrogen-bond donors (Lipinski definition) is 4. The predicted molar refractivity (Wildman–Crippen MR) is 185 cm³/mol. The Bertz CT molecular complexity index is 2060. The number of nitrogens with one attached hydrogen (secondary N) is 3. The van der Waals surface area contributed by atoms with Gasteiger partial charge in [-0.2, -0.15) is 5.10 Å². The van der Waals surface area contributed by atoms with Crippen LogP contribution in [0.5, 0.6) is 23.0 Å². The van der Waals surface area contributed by atoms with Crippen LogP contribution in [0.3, 0.4) is 0 Å². The average Bonchev–Trinajstić information content (AvgIpc) is 3.74. The lowest BCUT2D eigenvalue weighted by molar-refractivity contribution is -0.141. The Morgan fingerprint density at radius 3 is 2.62 bits per heavy atom. The molecule has 1 saturated heterocycles. The van der Waals surface area contributed by atoms with Gasteiger partial charge in [0.25, 0.3) is 11.5 Å². The van der Waals surface area contributed by atoms with Gasteiger partial charge in [-0.05, 0) is 75.6 Å². The summed E-state index contributed by atoms with van der Waals surface area (Å²) in [5.74, 6) is -0.406. The molecular formula is C36H39N7O9. The van der Waals surface area contributed by atoms with Gasteiger partial charge in [-0.25, -0.2) is 10.1 Å². The second-order valence-corrected chi connectivity index (χ2v) is 12.6. The molecule has 5 heterocycles. The normalized spacial score (nSPS) is 19.4. The van der Waals surface area contributed by atoms with E-state index in [-0.39, 0.29) is 62.0 Å². The number of aromatic amines is 1. The lowest BCUT2D eigenvalue weighted by atomic mass is 10.1. The third-order valence-electron chi connectivity index (χ3n) is 9.17. The van der Waals surface area contributed by atoms with E-state index in [1.165, 1.54) is 35.1 Å². The molecule has 52 heavy (non-hydrogen) atoms. The monoisotopic (exact) mass is 713 g/mol. The van der Waals surface area contributed by atoms with Gasteiger partial charge in [-0.3, -0.25) is 24.0 Å². The molecule has 0 spiro atoms. The van der Waals surface area contributed by atoms with E-state index in [2.05, 4.69) is 25.8 Å². The molecule has 16 nitrogen and oxygen atoms in total. The van der Waals surface area contributed by atoms with Crippen molar-refractivity contribution in [1.82, 2.24) is 35.6 Å². The predicted octanol–water partition coefficient (Wildman–Crippen LogP) is 2.44. The molecule has 3 aliphatic rings. The molecule has 3 atom stereocenters. The third-order valence-corrected chi connectivity index (χ3v) is 9.17. The second kappa shape index (κ2) is 15.0. The quantitative estimate of drug-likeness (QED) is 0.241. The number of nitrogens with zero attached hydrogens (tertiary/aromatic N) is 4. The summed E-state index contributed by atoms with van der Waals surface area (Å²) in [5.41, 5.74) is 1.27. The first kappa shape index (κ1) is 35.6. The molecule has 1 fully saturated rings. The average molecular weight is 714 g/mol. The molecule has 0 unspecified atom stereocenters. The molecule has 4 N–H and O–H groups in total. The highest BCUT2D eigenvalue weighted by molar-refractivity contribution is 5.94. The van der Waals surface area contributed by atoms with E-state index in [1.807, 2.05) is 0 Å². The fourth-order valence-corrected chi connectivity index (χ4v) is 6.40. The topological polar surface area (TPSA) is 209 Å². The smallest absolute Gasteiger partial charge is 0.274 e. The van der Waals surface area contributed by atoms with Crippen LogP contribution in [0.25, 0.3) is 11.5 Å². The molecular weight excluding hydrogens is 674 g/mol. The maximum Gasteiger partial charge on any atom is 0.274 e.